The molecule has 24 heavy (non-hydrogen) atoms. The Balaban J connectivity index is 1.62. The lowest BCUT2D eigenvalue weighted by molar-refractivity contribution is 0.0959. The topological polar surface area (TPSA) is 44.7 Å². The molecule has 0 atom stereocenters. The van der Waals surface area contributed by atoms with Gasteiger partial charge in [-0.1, -0.05) is 36.4 Å². The molecule has 4 nitrogen and oxygen atoms in total. The first kappa shape index (κ1) is 16.0. The molecule has 3 aromatic rings. The van der Waals surface area contributed by atoms with Crippen molar-refractivity contribution in [3.63, 3.8) is 0 Å². The first-order valence-electron chi connectivity index (χ1n) is 7.50. The molecule has 0 fully saturated rings. The smallest absolute Gasteiger partial charge is 0.281 e. The molecule has 0 unspecified atom stereocenters. The largest absolute Gasteiger partial charge is 0.345 e. The molecule has 2 aromatic carbocycles. The van der Waals surface area contributed by atoms with Gasteiger partial charge in [0.25, 0.3) is 5.91 Å². The molecule has 0 saturated heterocycles. The minimum atomic E-state index is -0.193. The Hall–Kier alpha value is -2.92. The first-order chi connectivity index (χ1) is 11.7. The van der Waals surface area contributed by atoms with E-state index in [2.05, 4.69) is 27.6 Å². The van der Waals surface area contributed by atoms with Crippen molar-refractivity contribution in [2.45, 2.75) is 0 Å². The van der Waals surface area contributed by atoms with Crippen molar-refractivity contribution in [3.8, 4) is 0 Å². The fourth-order valence-corrected chi connectivity index (χ4v) is 2.83. The highest BCUT2D eigenvalue weighted by Crippen LogP contribution is 2.22. The average Bonchev–Trinajstić information content (AvgIpc) is 3.17. The van der Waals surface area contributed by atoms with Gasteiger partial charge in [0.1, 0.15) is 0 Å². The highest BCUT2D eigenvalue weighted by molar-refractivity contribution is 7.12. The second kappa shape index (κ2) is 7.57. The van der Waals surface area contributed by atoms with Gasteiger partial charge in [-0.25, -0.2) is 5.43 Å². The Kier molecular flexibility index (Phi) is 5.03. The van der Waals surface area contributed by atoms with Gasteiger partial charge in [0, 0.05) is 18.4 Å². The van der Waals surface area contributed by atoms with Crippen LogP contribution >= 0.6 is 11.3 Å². The van der Waals surface area contributed by atoms with E-state index in [1.165, 1.54) is 11.3 Å². The summed E-state index contributed by atoms with van der Waals surface area (Å²) in [5, 5.41) is 5.86. The molecule has 3 rings (SSSR count). The predicted octanol–water partition coefficient (Wildman–Crippen LogP) is 4.28. The van der Waals surface area contributed by atoms with Gasteiger partial charge in [0.05, 0.1) is 11.1 Å². The van der Waals surface area contributed by atoms with Crippen LogP contribution in [0.5, 0.6) is 0 Å². The number of hydrazone groups is 1. The molecule has 0 aliphatic carbocycles. The lowest BCUT2D eigenvalue weighted by Crippen LogP contribution is -2.16. The molecular formula is C19H17N3OS. The number of anilines is 2. The fourth-order valence-electron chi connectivity index (χ4n) is 2.21. The zero-order valence-corrected chi connectivity index (χ0v) is 14.0. The summed E-state index contributed by atoms with van der Waals surface area (Å²) in [6.07, 6.45) is 1.64. The van der Waals surface area contributed by atoms with Crippen LogP contribution in [-0.4, -0.2) is 19.2 Å². The Morgan fingerprint density at radius 3 is 2.38 bits per heavy atom. The maximum atomic E-state index is 11.8. The Morgan fingerprint density at radius 2 is 1.71 bits per heavy atom. The quantitative estimate of drug-likeness (QED) is 0.559. The van der Waals surface area contributed by atoms with E-state index in [1.807, 2.05) is 61.0 Å². The van der Waals surface area contributed by atoms with Gasteiger partial charge in [-0.3, -0.25) is 4.79 Å². The highest BCUT2D eigenvalue weighted by Gasteiger charge is 2.04. The van der Waals surface area contributed by atoms with Gasteiger partial charge in [-0.05, 0) is 41.3 Å². The third kappa shape index (κ3) is 3.88. The summed E-state index contributed by atoms with van der Waals surface area (Å²) in [5.74, 6) is -0.193. The molecule has 0 aliphatic heterocycles. The van der Waals surface area contributed by atoms with Gasteiger partial charge >= 0.3 is 0 Å². The molecule has 5 heteroatoms. The van der Waals surface area contributed by atoms with Crippen LogP contribution in [0.2, 0.25) is 0 Å². The first-order valence-corrected chi connectivity index (χ1v) is 8.38. The van der Waals surface area contributed by atoms with E-state index in [-0.39, 0.29) is 5.91 Å². The van der Waals surface area contributed by atoms with Crippen molar-refractivity contribution in [1.82, 2.24) is 5.43 Å². The van der Waals surface area contributed by atoms with Crippen LogP contribution in [0, 0.1) is 0 Å². The van der Waals surface area contributed by atoms with Crippen molar-refractivity contribution in [2.24, 2.45) is 5.10 Å². The molecule has 0 saturated carbocycles. The summed E-state index contributed by atoms with van der Waals surface area (Å²) in [7, 11) is 2.03. The predicted molar refractivity (Wildman–Crippen MR) is 100 cm³/mol. The van der Waals surface area contributed by atoms with Crippen LogP contribution in [0.15, 0.2) is 77.2 Å². The third-order valence-corrected chi connectivity index (χ3v) is 4.42. The number of hydrogen-bond acceptors (Lipinski definition) is 4. The SMILES string of the molecule is CN(c1ccccc1)c1ccc(C=NNC(=O)c2cccs2)cc1. The van der Waals surface area contributed by atoms with E-state index in [0.717, 1.165) is 16.9 Å². The molecule has 1 aromatic heterocycles. The summed E-state index contributed by atoms with van der Waals surface area (Å²) in [4.78, 5) is 14.5. The van der Waals surface area contributed by atoms with Crippen LogP contribution in [0.1, 0.15) is 15.2 Å². The second-order valence-corrected chi connectivity index (χ2v) is 6.11. The van der Waals surface area contributed by atoms with Crippen molar-refractivity contribution in [1.29, 1.82) is 0 Å². The number of carbonyl (C=O) groups is 1. The summed E-state index contributed by atoms with van der Waals surface area (Å²) in [6, 6.07) is 21.8. The number of para-hydroxylation sites is 1. The Labute approximate surface area is 145 Å². The van der Waals surface area contributed by atoms with Gasteiger partial charge < -0.3 is 4.90 Å². The van der Waals surface area contributed by atoms with Crippen LogP contribution in [0.25, 0.3) is 0 Å². The van der Waals surface area contributed by atoms with Gasteiger partial charge in [0.15, 0.2) is 0 Å². The minimum absolute atomic E-state index is 0.193. The summed E-state index contributed by atoms with van der Waals surface area (Å²) in [5.41, 5.74) is 5.66. The van der Waals surface area contributed by atoms with E-state index < -0.39 is 0 Å². The summed E-state index contributed by atoms with van der Waals surface area (Å²) < 4.78 is 0. The lowest BCUT2D eigenvalue weighted by Gasteiger charge is -2.19. The number of carbonyl (C=O) groups excluding carboxylic acids is 1. The molecule has 1 N–H and O–H groups in total. The van der Waals surface area contributed by atoms with Crippen LogP contribution in [0.3, 0.4) is 0 Å². The molecule has 120 valence electrons. The van der Waals surface area contributed by atoms with E-state index in [9.17, 15) is 4.79 Å². The van der Waals surface area contributed by atoms with Crippen molar-refractivity contribution in [2.75, 3.05) is 11.9 Å². The zero-order valence-electron chi connectivity index (χ0n) is 13.2. The molecular weight excluding hydrogens is 318 g/mol. The number of amides is 1. The molecule has 0 bridgehead atoms. The zero-order chi connectivity index (χ0) is 16.8. The Morgan fingerprint density at radius 1 is 1.00 bits per heavy atom. The molecule has 0 spiro atoms. The number of benzene rings is 2. The standard InChI is InChI=1S/C19H17N3OS/c1-22(16-6-3-2-4-7-16)17-11-9-15(10-12-17)14-20-21-19(23)18-8-5-13-24-18/h2-14H,1H3,(H,21,23). The van der Waals surface area contributed by atoms with Crippen molar-refractivity contribution < 1.29 is 4.79 Å². The number of hydrogen-bond donors (Lipinski definition) is 1. The van der Waals surface area contributed by atoms with Crippen LogP contribution in [-0.2, 0) is 0 Å². The maximum Gasteiger partial charge on any atom is 0.281 e. The number of nitrogens with one attached hydrogen (secondary N) is 1. The summed E-state index contributed by atoms with van der Waals surface area (Å²) >= 11 is 1.39. The molecule has 1 amide bonds. The van der Waals surface area contributed by atoms with Crippen molar-refractivity contribution in [3.05, 3.63) is 82.6 Å². The maximum absolute atomic E-state index is 11.8. The minimum Gasteiger partial charge on any atom is -0.345 e. The second-order valence-electron chi connectivity index (χ2n) is 5.16. The third-order valence-electron chi connectivity index (χ3n) is 3.55. The van der Waals surface area contributed by atoms with Crippen LogP contribution in [0.4, 0.5) is 11.4 Å². The summed E-state index contributed by atoms with van der Waals surface area (Å²) in [6.45, 7) is 0. The van der Waals surface area contributed by atoms with E-state index in [1.54, 1.807) is 12.3 Å². The van der Waals surface area contributed by atoms with Crippen molar-refractivity contribution >= 4 is 34.8 Å². The molecule has 1 heterocycles. The van der Waals surface area contributed by atoms with E-state index >= 15 is 0 Å². The average molecular weight is 335 g/mol. The van der Waals surface area contributed by atoms with Gasteiger partial charge in [-0.15, -0.1) is 11.3 Å². The van der Waals surface area contributed by atoms with Crippen LogP contribution < -0.4 is 10.3 Å². The number of thiophene rings is 1. The Bertz CT molecular complexity index is 812. The van der Waals surface area contributed by atoms with Gasteiger partial charge in [0.2, 0.25) is 0 Å². The fraction of sp³-hybridized carbons (Fsp3) is 0.0526. The normalized spacial score (nSPS) is 10.7. The lowest BCUT2D eigenvalue weighted by atomic mass is 10.2. The monoisotopic (exact) mass is 335 g/mol. The highest BCUT2D eigenvalue weighted by atomic mass is 32.1. The number of nitrogens with zero attached hydrogens (tertiary/aromatic N) is 2. The number of rotatable bonds is 5. The van der Waals surface area contributed by atoms with E-state index in [4.69, 9.17) is 0 Å². The van der Waals surface area contributed by atoms with E-state index in [0.29, 0.717) is 4.88 Å². The molecule has 0 aliphatic rings. The van der Waals surface area contributed by atoms with Gasteiger partial charge in [-0.2, -0.15) is 5.10 Å². The molecule has 0 radical (unpaired) electrons.